The number of carbonyl (C=O) groups excluding carboxylic acids is 1. The maximum Gasteiger partial charge on any atom is 0.410 e. The third-order valence-electron chi connectivity index (χ3n) is 3.60. The van der Waals surface area contributed by atoms with Gasteiger partial charge in [0.15, 0.2) is 5.65 Å². The molecule has 0 bridgehead atoms. The molecular weight excluding hydrogens is 396 g/mol. The number of ether oxygens (including phenoxy) is 1. The van der Waals surface area contributed by atoms with Crippen LogP contribution in [-0.2, 0) is 4.74 Å². The summed E-state index contributed by atoms with van der Waals surface area (Å²) in [7, 11) is 0. The zero-order chi connectivity index (χ0) is 17.5. The van der Waals surface area contributed by atoms with E-state index < -0.39 is 5.60 Å². The quantitative estimate of drug-likeness (QED) is 0.704. The number of hydrogen-bond acceptors (Lipinski definition) is 4. The number of rotatable bonds is 1. The van der Waals surface area contributed by atoms with Gasteiger partial charge in [-0.05, 0) is 48.7 Å². The first-order chi connectivity index (χ1) is 11.2. The van der Waals surface area contributed by atoms with Gasteiger partial charge >= 0.3 is 6.09 Å². The molecule has 0 unspecified atom stereocenters. The Morgan fingerprint density at radius 1 is 1.42 bits per heavy atom. The highest BCUT2D eigenvalue weighted by atomic mass is 79.9. The summed E-state index contributed by atoms with van der Waals surface area (Å²) >= 11 is 9.65. The first kappa shape index (κ1) is 17.2. The highest BCUT2D eigenvalue weighted by molar-refractivity contribution is 9.10. The molecule has 0 fully saturated rings. The lowest BCUT2D eigenvalue weighted by Gasteiger charge is -2.29. The number of pyridine rings is 1. The second kappa shape index (κ2) is 6.37. The number of hydrogen-bond donors (Lipinski definition) is 0. The molecule has 1 aliphatic heterocycles. The third-order valence-corrected chi connectivity index (χ3v) is 4.25. The van der Waals surface area contributed by atoms with Crippen molar-refractivity contribution < 1.29 is 9.53 Å². The molecule has 0 aliphatic carbocycles. The second-order valence-corrected chi connectivity index (χ2v) is 7.74. The highest BCUT2D eigenvalue weighted by Crippen LogP contribution is 2.30. The van der Waals surface area contributed by atoms with E-state index in [1.807, 2.05) is 33.0 Å². The first-order valence-corrected chi connectivity index (χ1v) is 8.79. The Morgan fingerprint density at radius 3 is 2.79 bits per heavy atom. The fraction of sp³-hybridized carbons (Fsp3) is 0.438. The number of halogens is 2. The van der Waals surface area contributed by atoms with E-state index in [1.54, 1.807) is 15.5 Å². The van der Waals surface area contributed by atoms with Crippen LogP contribution in [0.15, 0.2) is 23.1 Å². The summed E-state index contributed by atoms with van der Waals surface area (Å²) in [5.74, 6) is 0. The Balaban J connectivity index is 1.80. The van der Waals surface area contributed by atoms with E-state index in [0.717, 1.165) is 11.1 Å². The number of carbonyl (C=O) groups is 1. The van der Waals surface area contributed by atoms with Crippen molar-refractivity contribution in [3.63, 3.8) is 0 Å². The summed E-state index contributed by atoms with van der Waals surface area (Å²) in [6.07, 6.45) is 4.29. The molecule has 3 heterocycles. The van der Waals surface area contributed by atoms with Crippen molar-refractivity contribution in [1.82, 2.24) is 19.5 Å². The van der Waals surface area contributed by atoms with Crippen LogP contribution >= 0.6 is 27.5 Å². The zero-order valence-electron chi connectivity index (χ0n) is 13.7. The molecule has 0 atom stereocenters. The fourth-order valence-corrected chi connectivity index (χ4v) is 3.14. The average molecular weight is 414 g/mol. The molecule has 0 spiro atoms. The molecule has 2 aromatic rings. The molecule has 24 heavy (non-hydrogen) atoms. The predicted molar refractivity (Wildman–Crippen MR) is 96.1 cm³/mol. The minimum absolute atomic E-state index is 0.292. The molecule has 0 radical (unpaired) electrons. The molecule has 128 valence electrons. The summed E-state index contributed by atoms with van der Waals surface area (Å²) in [5.41, 5.74) is 2.19. The Morgan fingerprint density at radius 2 is 2.17 bits per heavy atom. The van der Waals surface area contributed by atoms with Gasteiger partial charge in [-0.15, -0.1) is 5.10 Å². The molecular formula is C16H18BrClN4O2. The normalized spacial score (nSPS) is 15.5. The molecule has 1 aliphatic rings. The maximum absolute atomic E-state index is 12.1. The van der Waals surface area contributed by atoms with Crippen LogP contribution in [0.2, 0.25) is 5.02 Å². The van der Waals surface area contributed by atoms with E-state index in [-0.39, 0.29) is 6.09 Å². The molecule has 8 heteroatoms. The van der Waals surface area contributed by atoms with E-state index in [2.05, 4.69) is 26.0 Å². The number of aromatic nitrogens is 3. The molecule has 2 aromatic heterocycles. The Bertz CT molecular complexity index is 825. The van der Waals surface area contributed by atoms with Gasteiger partial charge in [-0.2, -0.15) is 0 Å². The maximum atomic E-state index is 12.1. The van der Waals surface area contributed by atoms with Crippen LogP contribution in [0.4, 0.5) is 4.79 Å². The summed E-state index contributed by atoms with van der Waals surface area (Å²) < 4.78 is 7.61. The fourth-order valence-electron chi connectivity index (χ4n) is 2.52. The van der Waals surface area contributed by atoms with Crippen molar-refractivity contribution in [2.45, 2.75) is 32.8 Å². The van der Waals surface area contributed by atoms with Gasteiger partial charge in [0.25, 0.3) is 0 Å². The highest BCUT2D eigenvalue weighted by Gasteiger charge is 2.24. The Hall–Kier alpha value is -1.60. The van der Waals surface area contributed by atoms with Crippen LogP contribution in [-0.4, -0.2) is 44.3 Å². The van der Waals surface area contributed by atoms with Crippen molar-refractivity contribution in [3.05, 3.63) is 33.7 Å². The molecule has 0 aromatic carbocycles. The average Bonchev–Trinajstić information content (AvgIpc) is 2.84. The minimum Gasteiger partial charge on any atom is -0.444 e. The summed E-state index contributed by atoms with van der Waals surface area (Å²) in [4.78, 5) is 18.0. The molecule has 0 saturated carbocycles. The molecule has 0 N–H and O–H groups in total. The standard InChI is InChI=1S/C16H18BrClN4O2/c1-16(2,3)24-15(23)21-6-4-10(5-7-21)11-9-22-13(8-12(11)18)19-14(17)20-22/h4,8-9H,5-7H2,1-3H3. The SMILES string of the molecule is CC(C)(C)OC(=O)N1CC=C(c2cn3nc(Br)nc3cc2Cl)CC1. The van der Waals surface area contributed by atoms with Gasteiger partial charge < -0.3 is 9.64 Å². The molecule has 1 amide bonds. The van der Waals surface area contributed by atoms with Crippen LogP contribution in [0.25, 0.3) is 11.2 Å². The third kappa shape index (κ3) is 3.72. The van der Waals surface area contributed by atoms with Crippen LogP contribution in [0, 0.1) is 0 Å². The van der Waals surface area contributed by atoms with E-state index in [9.17, 15) is 4.79 Å². The van der Waals surface area contributed by atoms with Crippen LogP contribution in [0.3, 0.4) is 0 Å². The van der Waals surface area contributed by atoms with Crippen LogP contribution in [0.1, 0.15) is 32.8 Å². The smallest absolute Gasteiger partial charge is 0.410 e. The minimum atomic E-state index is -0.490. The Labute approximate surface area is 153 Å². The van der Waals surface area contributed by atoms with Gasteiger partial charge in [-0.1, -0.05) is 17.7 Å². The summed E-state index contributed by atoms with van der Waals surface area (Å²) in [5, 5.41) is 4.87. The monoisotopic (exact) mass is 412 g/mol. The van der Waals surface area contributed by atoms with Crippen molar-refractivity contribution in [1.29, 1.82) is 0 Å². The predicted octanol–water partition coefficient (Wildman–Crippen LogP) is 4.17. The van der Waals surface area contributed by atoms with Crippen molar-refractivity contribution in [3.8, 4) is 0 Å². The summed E-state index contributed by atoms with van der Waals surface area (Å²) in [6, 6.07) is 1.79. The van der Waals surface area contributed by atoms with Gasteiger partial charge in [0.05, 0.1) is 5.02 Å². The van der Waals surface area contributed by atoms with Crippen LogP contribution < -0.4 is 0 Å². The van der Waals surface area contributed by atoms with Gasteiger partial charge in [-0.25, -0.2) is 14.3 Å². The summed E-state index contributed by atoms with van der Waals surface area (Å²) in [6.45, 7) is 6.68. The van der Waals surface area contributed by atoms with Crippen molar-refractivity contribution in [2.24, 2.45) is 0 Å². The Kier molecular flexibility index (Phi) is 4.57. The number of amides is 1. The topological polar surface area (TPSA) is 59.7 Å². The van der Waals surface area contributed by atoms with Gasteiger partial charge in [-0.3, -0.25) is 0 Å². The van der Waals surface area contributed by atoms with Gasteiger partial charge in [0.1, 0.15) is 5.60 Å². The van der Waals surface area contributed by atoms with E-state index in [1.165, 1.54) is 0 Å². The van der Waals surface area contributed by atoms with Crippen molar-refractivity contribution >= 4 is 44.8 Å². The van der Waals surface area contributed by atoms with Gasteiger partial charge in [0.2, 0.25) is 4.73 Å². The molecule has 0 saturated heterocycles. The van der Waals surface area contributed by atoms with Crippen molar-refractivity contribution in [2.75, 3.05) is 13.1 Å². The van der Waals surface area contributed by atoms with Crippen LogP contribution in [0.5, 0.6) is 0 Å². The van der Waals surface area contributed by atoms with E-state index >= 15 is 0 Å². The van der Waals surface area contributed by atoms with Gasteiger partial charge in [0, 0.05) is 30.9 Å². The molecule has 3 rings (SSSR count). The lowest BCUT2D eigenvalue weighted by atomic mass is 10.0. The van der Waals surface area contributed by atoms with E-state index in [0.29, 0.717) is 34.9 Å². The lowest BCUT2D eigenvalue weighted by Crippen LogP contribution is -2.39. The number of nitrogens with zero attached hydrogens (tertiary/aromatic N) is 4. The number of fused-ring (bicyclic) bond motifs is 1. The molecule has 6 nitrogen and oxygen atoms in total. The second-order valence-electron chi connectivity index (χ2n) is 6.62. The largest absolute Gasteiger partial charge is 0.444 e. The van der Waals surface area contributed by atoms with E-state index in [4.69, 9.17) is 16.3 Å². The first-order valence-electron chi connectivity index (χ1n) is 7.62. The zero-order valence-corrected chi connectivity index (χ0v) is 16.1. The lowest BCUT2D eigenvalue weighted by molar-refractivity contribution is 0.0270.